The standard InChI is InChI=1S/C85H130N6O17S3/c1-50(2)30-62-36-70(94)54(9)32-75(99)65-39-80(104)68(53(7)8)41-72(96)56(11)33-78(102)66(51(3)4)42-73(97)57(12)44-109-27-23-82(106)89-47-90(49-91(48-89)84(108)25-29-111-46-65)83(107)24-28-110-45-64(58(13)92)38-79(103)67(52(5)6)40-71(95)55(10)31-74(98)61(22-18-19-26-88-85(86)87)35-81(105)69(59(14)93)43-77(101)63(37-76(62)100)34-60-20-16-15-17-21-60/h15-17,20-21,50-57,59,61-69,93H,18-19,22-49H2,1-14H3,(H4,86,87,88)/t54-,55-,56?,57+,59?,61-,62-,63-,64+,65+,66+,67+,68+,69+/m0/s1. The molecule has 14 atom stereocenters. The van der Waals surface area contributed by atoms with Gasteiger partial charge in [0.25, 0.3) is 0 Å². The Kier molecular flexibility index (Phi) is 42.6. The van der Waals surface area contributed by atoms with Crippen molar-refractivity contribution >= 4 is 134 Å². The Bertz CT molecular complexity index is 3410. The zero-order valence-corrected chi connectivity index (χ0v) is 71.1. The fourth-order valence-electron chi connectivity index (χ4n) is 14.9. The minimum Gasteiger partial charge on any atom is -0.393 e. The third-order valence-electron chi connectivity index (χ3n) is 22.5. The van der Waals surface area contributed by atoms with E-state index < -0.39 is 142 Å². The van der Waals surface area contributed by atoms with Crippen molar-refractivity contribution in [1.82, 2.24) is 14.7 Å². The average molecular weight is 1600 g/mol. The molecule has 1 aromatic rings. The molecular formula is C85H130N6O17S3. The van der Waals surface area contributed by atoms with Gasteiger partial charge in [0, 0.05) is 208 Å². The number of aliphatic imine (C=N–C) groups is 1. The molecule has 0 aromatic heterocycles. The van der Waals surface area contributed by atoms with Gasteiger partial charge in [-0.3, -0.25) is 81.7 Å². The number of hydrogen-bond donors (Lipinski definition) is 3. The van der Waals surface area contributed by atoms with Crippen LogP contribution >= 0.6 is 35.3 Å². The number of nitrogens with two attached hydrogens (primary N) is 2. The van der Waals surface area contributed by atoms with E-state index in [0.717, 1.165) is 0 Å². The molecule has 2 unspecified atom stereocenters. The Morgan fingerprint density at radius 2 is 0.829 bits per heavy atom. The number of Topliss-reactive ketones (excluding diaryl/α,β-unsaturated/α-hetero) is 13. The van der Waals surface area contributed by atoms with Crippen LogP contribution in [0.15, 0.2) is 35.3 Å². The first kappa shape index (κ1) is 97.0. The second-order valence-electron chi connectivity index (χ2n) is 33.5. The number of nitrogens with zero attached hydrogens (tertiary/aromatic N) is 4. The van der Waals surface area contributed by atoms with Crippen LogP contribution in [-0.4, -0.2) is 186 Å². The molecule has 23 nitrogen and oxygen atoms in total. The van der Waals surface area contributed by atoms with Crippen molar-refractivity contribution in [2.24, 2.45) is 117 Å². The summed E-state index contributed by atoms with van der Waals surface area (Å²) in [5.74, 6) is -17.6. The summed E-state index contributed by atoms with van der Waals surface area (Å²) < 4.78 is 0. The van der Waals surface area contributed by atoms with Crippen LogP contribution < -0.4 is 11.5 Å². The first-order chi connectivity index (χ1) is 52.2. The largest absolute Gasteiger partial charge is 0.393 e. The average Bonchev–Trinajstić information content (AvgIpc) is 0.832. The molecule has 0 radical (unpaired) electrons. The van der Waals surface area contributed by atoms with Gasteiger partial charge in [0.05, 0.1) is 32.0 Å². The number of guanidine groups is 1. The van der Waals surface area contributed by atoms with Crippen molar-refractivity contribution in [1.29, 1.82) is 0 Å². The summed E-state index contributed by atoms with van der Waals surface area (Å²) in [4.78, 5) is 239. The summed E-state index contributed by atoms with van der Waals surface area (Å²) in [6, 6.07) is 8.96. The summed E-state index contributed by atoms with van der Waals surface area (Å²) in [5, 5.41) is 11.4. The summed E-state index contributed by atoms with van der Waals surface area (Å²) in [6.07, 6.45) is -3.57. The van der Waals surface area contributed by atoms with Crippen molar-refractivity contribution in [2.45, 2.75) is 231 Å². The van der Waals surface area contributed by atoms with E-state index in [1.807, 2.05) is 27.7 Å². The number of unbranched alkanes of at least 4 members (excludes halogenated alkanes) is 1. The van der Waals surface area contributed by atoms with Crippen LogP contribution in [0.5, 0.6) is 0 Å². The summed E-state index contributed by atoms with van der Waals surface area (Å²) in [7, 11) is 0. The van der Waals surface area contributed by atoms with Crippen LogP contribution in [-0.2, 0) is 83.1 Å². The highest BCUT2D eigenvalue weighted by Gasteiger charge is 2.40. The first-order valence-corrected chi connectivity index (χ1v) is 43.8. The molecule has 3 aliphatic rings. The second kappa shape index (κ2) is 48.7. The third kappa shape index (κ3) is 33.5. The van der Waals surface area contributed by atoms with E-state index in [1.165, 1.54) is 63.8 Å². The second-order valence-corrected chi connectivity index (χ2v) is 36.9. The van der Waals surface area contributed by atoms with Gasteiger partial charge in [-0.2, -0.15) is 35.3 Å². The number of aliphatic hydroxyl groups is 1. The molecule has 0 spiro atoms. The van der Waals surface area contributed by atoms with E-state index in [9.17, 15) is 81.8 Å². The lowest BCUT2D eigenvalue weighted by Crippen LogP contribution is -2.59. The number of carbonyl (C=O) groups excluding carboxylic acids is 16. The molecule has 26 heteroatoms. The summed E-state index contributed by atoms with van der Waals surface area (Å²) in [6.45, 7) is 23.7. The van der Waals surface area contributed by atoms with Gasteiger partial charge < -0.3 is 31.3 Å². The lowest BCUT2D eigenvalue weighted by molar-refractivity contribution is -0.158. The van der Waals surface area contributed by atoms with E-state index >= 15 is 0 Å². The van der Waals surface area contributed by atoms with Crippen molar-refractivity contribution in [3.8, 4) is 0 Å². The van der Waals surface area contributed by atoms with Crippen LogP contribution in [0, 0.1) is 101 Å². The minimum absolute atomic E-state index is 0.00104. The van der Waals surface area contributed by atoms with E-state index in [1.54, 1.807) is 85.7 Å². The lowest BCUT2D eigenvalue weighted by atomic mass is 9.77. The number of rotatable bonds is 14. The van der Waals surface area contributed by atoms with E-state index in [0.29, 0.717) is 29.9 Å². The molecule has 4 bridgehead atoms. The van der Waals surface area contributed by atoms with Crippen molar-refractivity contribution in [2.75, 3.05) is 61.1 Å². The normalized spacial score (nSPS) is 28.1. The predicted molar refractivity (Wildman–Crippen MR) is 436 cm³/mol. The van der Waals surface area contributed by atoms with Gasteiger partial charge in [0.2, 0.25) is 17.7 Å². The van der Waals surface area contributed by atoms with E-state index in [2.05, 4.69) is 4.99 Å². The van der Waals surface area contributed by atoms with Gasteiger partial charge in [-0.25, -0.2) is 0 Å². The number of ketones is 13. The molecule has 3 heterocycles. The van der Waals surface area contributed by atoms with E-state index in [4.69, 9.17) is 11.5 Å². The van der Waals surface area contributed by atoms with Crippen LogP contribution in [0.3, 0.4) is 0 Å². The van der Waals surface area contributed by atoms with Crippen LogP contribution in [0.1, 0.15) is 224 Å². The molecule has 3 aliphatic heterocycles. The Morgan fingerprint density at radius 1 is 0.441 bits per heavy atom. The van der Waals surface area contributed by atoms with Crippen LogP contribution in [0.4, 0.5) is 0 Å². The van der Waals surface area contributed by atoms with Crippen molar-refractivity contribution < 1.29 is 81.8 Å². The highest BCUT2D eigenvalue weighted by Crippen LogP contribution is 2.34. The lowest BCUT2D eigenvalue weighted by Gasteiger charge is -2.42. The van der Waals surface area contributed by atoms with Crippen molar-refractivity contribution in [3.63, 3.8) is 0 Å². The van der Waals surface area contributed by atoms with Crippen LogP contribution in [0.2, 0.25) is 0 Å². The van der Waals surface area contributed by atoms with Gasteiger partial charge in [0.15, 0.2) is 5.96 Å². The SMILES string of the molecule is CC(=O)[C@H]1CSCCC(=O)N2CN3CN(C2)C(=O)CCSC[C@@H](C)C(=O)C[C@H](C(C)C)C(=O)CC(C)C(=O)C[C@H](C(C)C)C(=O)C[C@H](CSCCC3=O)C(=O)C[C@H](C)C(=O)C[C@H](CC(C)C)C(=O)C[C@H](Cc2ccccc2)C(=O)C[C@H](C(C)O)C(=O)C[C@H](CCCCN=C(N)N)C(=O)C[C@H](C)C(=O)C[C@H](C(C)C)C(=O)C1. The van der Waals surface area contributed by atoms with E-state index in [-0.39, 0.29) is 228 Å². The van der Waals surface area contributed by atoms with Gasteiger partial charge in [-0.05, 0) is 68.8 Å². The zero-order chi connectivity index (χ0) is 83.1. The van der Waals surface area contributed by atoms with Gasteiger partial charge >= 0.3 is 0 Å². The molecule has 3 amide bonds. The first-order valence-electron chi connectivity index (χ1n) is 40.4. The number of benzene rings is 1. The third-order valence-corrected chi connectivity index (χ3v) is 26.0. The summed E-state index contributed by atoms with van der Waals surface area (Å²) >= 11 is 3.90. The Labute approximate surface area is 672 Å². The minimum atomic E-state index is -1.39. The van der Waals surface area contributed by atoms with Gasteiger partial charge in [-0.15, -0.1) is 0 Å². The number of aliphatic hydroxyl groups excluding tert-OH is 1. The zero-order valence-electron chi connectivity index (χ0n) is 68.6. The fourth-order valence-corrected chi connectivity index (χ4v) is 18.1. The molecule has 0 aliphatic carbocycles. The molecule has 5 N–H and O–H groups in total. The Hall–Kier alpha value is -6.38. The Balaban J connectivity index is 1.85. The number of carbonyl (C=O) groups is 16. The number of hydrogen-bond acceptors (Lipinski definition) is 21. The number of fused-ring (bicyclic) bond motifs is 7. The summed E-state index contributed by atoms with van der Waals surface area (Å²) in [5.41, 5.74) is 11.9. The molecule has 4 rings (SSSR count). The molecule has 0 saturated carbocycles. The van der Waals surface area contributed by atoms with Crippen molar-refractivity contribution in [3.05, 3.63) is 35.9 Å². The van der Waals surface area contributed by atoms with Gasteiger partial charge in [-0.1, -0.05) is 120 Å². The smallest absolute Gasteiger partial charge is 0.226 e. The molecule has 3 fully saturated rings. The van der Waals surface area contributed by atoms with Crippen LogP contribution in [0.25, 0.3) is 0 Å². The topological polar surface area (TPSA) is 367 Å². The number of thioether (sulfide) groups is 3. The van der Waals surface area contributed by atoms with Gasteiger partial charge in [0.1, 0.15) is 75.2 Å². The molecule has 111 heavy (non-hydrogen) atoms. The molecule has 3 saturated heterocycles. The number of amides is 3. The molecule has 1 aromatic carbocycles. The quantitative estimate of drug-likeness (QED) is 0.0885. The fraction of sp³-hybridized carbons (Fsp3) is 0.729. The maximum Gasteiger partial charge on any atom is 0.226 e. The Morgan fingerprint density at radius 3 is 1.30 bits per heavy atom. The highest BCUT2D eigenvalue weighted by molar-refractivity contribution is 7.99. The monoisotopic (exact) mass is 1600 g/mol. The predicted octanol–water partition coefficient (Wildman–Crippen LogP) is 11.0. The maximum atomic E-state index is 15.0. The molecule has 620 valence electrons. The highest BCUT2D eigenvalue weighted by atomic mass is 32.2. The maximum absolute atomic E-state index is 15.0. The molecular weight excluding hydrogens is 1470 g/mol.